The first-order chi connectivity index (χ1) is 11.8. The van der Waals surface area contributed by atoms with Gasteiger partial charge in [0.1, 0.15) is 18.2 Å². The molecule has 9 heteroatoms. The summed E-state index contributed by atoms with van der Waals surface area (Å²) >= 11 is 4.98. The average Bonchev–Trinajstić information content (AvgIpc) is 2.52. The Labute approximate surface area is 165 Å². The van der Waals surface area contributed by atoms with Gasteiger partial charge < -0.3 is 10.4 Å². The van der Waals surface area contributed by atoms with Crippen LogP contribution in [0.25, 0.3) is 0 Å². The summed E-state index contributed by atoms with van der Waals surface area (Å²) in [6, 6.07) is 6.80. The molecular weight excluding hydrogens is 513 g/mol. The van der Waals surface area contributed by atoms with Gasteiger partial charge in [-0.2, -0.15) is 0 Å². The van der Waals surface area contributed by atoms with Gasteiger partial charge in [0.2, 0.25) is 0 Å². The van der Waals surface area contributed by atoms with Crippen LogP contribution in [0.15, 0.2) is 34.8 Å². The van der Waals surface area contributed by atoms with E-state index >= 15 is 0 Å². The first-order valence-corrected chi connectivity index (χ1v) is 8.96. The number of benzene rings is 2. The topological polar surface area (TPSA) is 70.6 Å². The third-order valence-electron chi connectivity index (χ3n) is 2.99. The van der Waals surface area contributed by atoms with Gasteiger partial charge in [-0.15, -0.1) is 0 Å². The van der Waals surface area contributed by atoms with E-state index < -0.39 is 23.6 Å². The van der Waals surface area contributed by atoms with Crippen LogP contribution in [-0.4, -0.2) is 23.7 Å². The van der Waals surface area contributed by atoms with E-state index in [1.807, 2.05) is 22.6 Å². The van der Waals surface area contributed by atoms with E-state index in [0.717, 1.165) is 6.07 Å². The minimum atomic E-state index is -0.765. The monoisotopic (exact) mass is 526 g/mol. The Morgan fingerprint density at radius 3 is 2.64 bits per heavy atom. The van der Waals surface area contributed by atoms with E-state index in [-0.39, 0.29) is 28.0 Å². The van der Waals surface area contributed by atoms with Crippen molar-refractivity contribution < 1.29 is 23.5 Å². The fourth-order valence-electron chi connectivity index (χ4n) is 1.86. The quantitative estimate of drug-likeness (QED) is 0.391. The maximum absolute atomic E-state index is 14.0. The number of nitrogens with one attached hydrogen (secondary N) is 2. The van der Waals surface area contributed by atoms with Crippen molar-refractivity contribution >= 4 is 55.8 Å². The van der Waals surface area contributed by atoms with Crippen LogP contribution in [0.3, 0.4) is 0 Å². The molecule has 0 spiro atoms. The first-order valence-electron chi connectivity index (χ1n) is 7.09. The highest BCUT2D eigenvalue weighted by molar-refractivity contribution is 14.1. The number of carbonyl (C=O) groups is 1. The van der Waals surface area contributed by atoms with E-state index in [1.165, 1.54) is 25.1 Å². The maximum atomic E-state index is 14.0. The highest BCUT2D eigenvalue weighted by Gasteiger charge is 2.17. The SMILES string of the molecule is CC(O)CONC(=O)c1cc(Br)c(F)cc1Nc1ccc(I)cc1F. The fraction of sp³-hybridized carbons (Fsp3) is 0.188. The number of hydrogen-bond donors (Lipinski definition) is 3. The van der Waals surface area contributed by atoms with Gasteiger partial charge in [-0.05, 0) is 75.8 Å². The van der Waals surface area contributed by atoms with Crippen LogP contribution >= 0.6 is 38.5 Å². The molecule has 3 N–H and O–H groups in total. The molecule has 0 saturated heterocycles. The largest absolute Gasteiger partial charge is 0.391 e. The van der Waals surface area contributed by atoms with E-state index in [4.69, 9.17) is 9.94 Å². The predicted molar refractivity (Wildman–Crippen MR) is 102 cm³/mol. The van der Waals surface area contributed by atoms with Crippen molar-refractivity contribution in [3.05, 3.63) is 55.6 Å². The molecule has 0 aromatic heterocycles. The van der Waals surface area contributed by atoms with Crippen LogP contribution in [0.4, 0.5) is 20.2 Å². The summed E-state index contributed by atoms with van der Waals surface area (Å²) < 4.78 is 28.7. The third kappa shape index (κ3) is 5.59. The molecule has 0 fully saturated rings. The van der Waals surface area contributed by atoms with E-state index in [9.17, 15) is 13.6 Å². The van der Waals surface area contributed by atoms with E-state index in [0.29, 0.717) is 3.57 Å². The van der Waals surface area contributed by atoms with Crippen LogP contribution in [0.5, 0.6) is 0 Å². The zero-order valence-electron chi connectivity index (χ0n) is 12.9. The lowest BCUT2D eigenvalue weighted by Gasteiger charge is -2.14. The van der Waals surface area contributed by atoms with Crippen molar-refractivity contribution in [1.82, 2.24) is 5.48 Å². The third-order valence-corrected chi connectivity index (χ3v) is 4.27. The molecule has 25 heavy (non-hydrogen) atoms. The predicted octanol–water partition coefficient (Wildman–Crippen LogP) is 4.12. The molecule has 0 saturated carbocycles. The smallest absolute Gasteiger partial charge is 0.276 e. The number of rotatable bonds is 6. The van der Waals surface area contributed by atoms with Gasteiger partial charge in [-0.3, -0.25) is 9.63 Å². The summed E-state index contributed by atoms with van der Waals surface area (Å²) in [7, 11) is 0. The zero-order valence-corrected chi connectivity index (χ0v) is 16.7. The molecule has 1 unspecified atom stereocenters. The second kappa shape index (κ2) is 8.88. The first kappa shape index (κ1) is 20.0. The number of amides is 1. The molecule has 2 aromatic rings. The molecule has 0 aliphatic carbocycles. The number of aliphatic hydroxyl groups is 1. The number of halogens is 4. The van der Waals surface area contributed by atoms with Gasteiger partial charge in [-0.1, -0.05) is 0 Å². The van der Waals surface area contributed by atoms with E-state index in [1.54, 1.807) is 6.07 Å². The van der Waals surface area contributed by atoms with Crippen LogP contribution in [0.1, 0.15) is 17.3 Å². The van der Waals surface area contributed by atoms with Crippen molar-refractivity contribution in [2.45, 2.75) is 13.0 Å². The fourth-order valence-corrected chi connectivity index (χ4v) is 2.65. The van der Waals surface area contributed by atoms with Crippen molar-refractivity contribution in [2.75, 3.05) is 11.9 Å². The number of hydrogen-bond acceptors (Lipinski definition) is 4. The molecule has 0 aliphatic rings. The molecule has 1 amide bonds. The molecule has 5 nitrogen and oxygen atoms in total. The molecule has 2 rings (SSSR count). The normalized spacial score (nSPS) is 11.9. The van der Waals surface area contributed by atoms with Crippen LogP contribution in [-0.2, 0) is 4.84 Å². The van der Waals surface area contributed by atoms with Crippen LogP contribution in [0, 0.1) is 15.2 Å². The molecule has 1 atom stereocenters. The lowest BCUT2D eigenvalue weighted by Crippen LogP contribution is -2.28. The summed E-state index contributed by atoms with van der Waals surface area (Å²) in [6.07, 6.45) is -0.765. The number of anilines is 2. The van der Waals surface area contributed by atoms with Gasteiger partial charge >= 0.3 is 0 Å². The zero-order chi connectivity index (χ0) is 18.6. The standard InChI is InChI=1S/C16H14BrF2IN2O3/c1-8(23)7-25-22-16(24)10-5-11(17)12(18)6-15(10)21-14-3-2-9(20)4-13(14)19/h2-6,8,21,23H,7H2,1H3,(H,22,24). The molecule has 2 aromatic carbocycles. The summed E-state index contributed by atoms with van der Waals surface area (Å²) in [5.41, 5.74) is 2.36. The molecular formula is C16H14BrF2IN2O3. The van der Waals surface area contributed by atoms with Crippen molar-refractivity contribution in [3.63, 3.8) is 0 Å². The summed E-state index contributed by atoms with van der Waals surface area (Å²) in [5, 5.41) is 11.8. The summed E-state index contributed by atoms with van der Waals surface area (Å²) in [5.74, 6) is -1.82. The summed E-state index contributed by atoms with van der Waals surface area (Å²) in [4.78, 5) is 17.1. The number of aliphatic hydroxyl groups excluding tert-OH is 1. The second-order valence-electron chi connectivity index (χ2n) is 5.15. The van der Waals surface area contributed by atoms with Crippen molar-refractivity contribution in [3.8, 4) is 0 Å². The van der Waals surface area contributed by atoms with E-state index in [2.05, 4.69) is 26.7 Å². The van der Waals surface area contributed by atoms with Gasteiger partial charge in [-0.25, -0.2) is 14.3 Å². The average molecular weight is 527 g/mol. The molecule has 0 bridgehead atoms. The second-order valence-corrected chi connectivity index (χ2v) is 7.25. The highest BCUT2D eigenvalue weighted by atomic mass is 127. The van der Waals surface area contributed by atoms with Gasteiger partial charge in [0.25, 0.3) is 5.91 Å². The Morgan fingerprint density at radius 2 is 2.00 bits per heavy atom. The Balaban J connectivity index is 2.30. The molecule has 0 heterocycles. The highest BCUT2D eigenvalue weighted by Crippen LogP contribution is 2.29. The van der Waals surface area contributed by atoms with Crippen LogP contribution < -0.4 is 10.8 Å². The van der Waals surface area contributed by atoms with Crippen molar-refractivity contribution in [2.24, 2.45) is 0 Å². The molecule has 0 aliphatic heterocycles. The van der Waals surface area contributed by atoms with Gasteiger partial charge in [0.15, 0.2) is 0 Å². The van der Waals surface area contributed by atoms with Gasteiger partial charge in [0, 0.05) is 3.57 Å². The molecule has 134 valence electrons. The maximum Gasteiger partial charge on any atom is 0.276 e. The Hall–Kier alpha value is -1.30. The summed E-state index contributed by atoms with van der Waals surface area (Å²) in [6.45, 7) is 1.38. The molecule has 0 radical (unpaired) electrons. The Morgan fingerprint density at radius 1 is 1.28 bits per heavy atom. The number of hydroxylamine groups is 1. The Kier molecular flexibility index (Phi) is 7.11. The van der Waals surface area contributed by atoms with Gasteiger partial charge in [0.05, 0.1) is 27.5 Å². The van der Waals surface area contributed by atoms with Crippen LogP contribution in [0.2, 0.25) is 0 Å². The minimum Gasteiger partial charge on any atom is -0.391 e. The lowest BCUT2D eigenvalue weighted by atomic mass is 10.1. The minimum absolute atomic E-state index is 0.0387. The number of carbonyl (C=O) groups excluding carboxylic acids is 1. The lowest BCUT2D eigenvalue weighted by molar-refractivity contribution is -0.00683. The Bertz CT molecular complexity index is 790. The van der Waals surface area contributed by atoms with Crippen molar-refractivity contribution in [1.29, 1.82) is 0 Å².